The predicted molar refractivity (Wildman–Crippen MR) is 78.0 cm³/mol. The van der Waals surface area contributed by atoms with Gasteiger partial charge in [0.1, 0.15) is 11.9 Å². The summed E-state index contributed by atoms with van der Waals surface area (Å²) in [6.45, 7) is 1.98. The largest absolute Gasteiger partial charge is 0.485 e. The molecule has 1 aromatic carbocycles. The van der Waals surface area contributed by atoms with Gasteiger partial charge in [-0.05, 0) is 25.1 Å². The topological polar surface area (TPSA) is 48.1 Å². The van der Waals surface area contributed by atoms with E-state index in [1.54, 1.807) is 0 Å². The molecule has 2 heterocycles. The SMILES string of the molecule is Cc1ccc(C2C[C@@H](N)c3ccc(Br)cc3O2)cn1. The molecule has 0 saturated carbocycles. The van der Waals surface area contributed by atoms with E-state index in [1.165, 1.54) is 0 Å². The minimum Gasteiger partial charge on any atom is -0.485 e. The molecule has 1 aliphatic rings. The summed E-state index contributed by atoms with van der Waals surface area (Å²) < 4.78 is 7.06. The molecule has 1 unspecified atom stereocenters. The lowest BCUT2D eigenvalue weighted by molar-refractivity contribution is 0.161. The number of pyridine rings is 1. The summed E-state index contributed by atoms with van der Waals surface area (Å²) in [5.41, 5.74) is 9.39. The Bertz CT molecular complexity index is 598. The molecule has 19 heavy (non-hydrogen) atoms. The fraction of sp³-hybridized carbons (Fsp3) is 0.267. The molecule has 0 radical (unpaired) electrons. The zero-order valence-electron chi connectivity index (χ0n) is 10.6. The third kappa shape index (κ3) is 2.51. The average molecular weight is 319 g/mol. The zero-order chi connectivity index (χ0) is 13.4. The number of aromatic nitrogens is 1. The molecular formula is C15H15BrN2O. The van der Waals surface area contributed by atoms with Crippen LogP contribution in [0.3, 0.4) is 0 Å². The van der Waals surface area contributed by atoms with Crippen molar-refractivity contribution < 1.29 is 4.74 Å². The second-order valence-electron chi connectivity index (χ2n) is 4.86. The highest BCUT2D eigenvalue weighted by atomic mass is 79.9. The molecule has 1 aliphatic heterocycles. The summed E-state index contributed by atoms with van der Waals surface area (Å²) in [7, 11) is 0. The van der Waals surface area contributed by atoms with E-state index < -0.39 is 0 Å². The maximum absolute atomic E-state index is 6.24. The number of halogens is 1. The molecule has 98 valence electrons. The fourth-order valence-corrected chi connectivity index (χ4v) is 2.69. The normalized spacial score (nSPS) is 21.6. The number of hydrogen-bond acceptors (Lipinski definition) is 3. The smallest absolute Gasteiger partial charge is 0.127 e. The van der Waals surface area contributed by atoms with Gasteiger partial charge < -0.3 is 10.5 Å². The lowest BCUT2D eigenvalue weighted by Crippen LogP contribution is -2.24. The molecule has 0 saturated heterocycles. The molecule has 0 aliphatic carbocycles. The highest BCUT2D eigenvalue weighted by Crippen LogP contribution is 2.40. The maximum Gasteiger partial charge on any atom is 0.127 e. The Balaban J connectivity index is 1.93. The van der Waals surface area contributed by atoms with Crippen molar-refractivity contribution in [3.8, 4) is 5.75 Å². The van der Waals surface area contributed by atoms with Crippen LogP contribution in [0.5, 0.6) is 5.75 Å². The molecule has 2 aromatic rings. The van der Waals surface area contributed by atoms with Crippen molar-refractivity contribution in [2.75, 3.05) is 0 Å². The quantitative estimate of drug-likeness (QED) is 0.872. The Morgan fingerprint density at radius 3 is 2.89 bits per heavy atom. The van der Waals surface area contributed by atoms with Gasteiger partial charge in [0.15, 0.2) is 0 Å². The first-order valence-electron chi connectivity index (χ1n) is 6.28. The number of fused-ring (bicyclic) bond motifs is 1. The maximum atomic E-state index is 6.24. The second-order valence-corrected chi connectivity index (χ2v) is 5.78. The van der Waals surface area contributed by atoms with Gasteiger partial charge in [0.2, 0.25) is 0 Å². The van der Waals surface area contributed by atoms with Gasteiger partial charge in [-0.2, -0.15) is 0 Å². The Labute approximate surface area is 120 Å². The molecule has 4 heteroatoms. The van der Waals surface area contributed by atoms with E-state index in [4.69, 9.17) is 10.5 Å². The number of nitrogens with two attached hydrogens (primary N) is 1. The number of rotatable bonds is 1. The van der Waals surface area contributed by atoms with Crippen LogP contribution in [0.1, 0.15) is 35.4 Å². The summed E-state index contributed by atoms with van der Waals surface area (Å²) in [6, 6.07) is 10.1. The van der Waals surface area contributed by atoms with Gasteiger partial charge in [0, 0.05) is 40.0 Å². The molecular weight excluding hydrogens is 304 g/mol. The summed E-state index contributed by atoms with van der Waals surface area (Å²) in [5.74, 6) is 0.860. The Hall–Kier alpha value is -1.39. The molecule has 0 bridgehead atoms. The van der Waals surface area contributed by atoms with Gasteiger partial charge in [-0.3, -0.25) is 4.98 Å². The van der Waals surface area contributed by atoms with Crippen molar-refractivity contribution in [2.45, 2.75) is 25.5 Å². The van der Waals surface area contributed by atoms with Gasteiger partial charge in [-0.25, -0.2) is 0 Å². The predicted octanol–water partition coefficient (Wildman–Crippen LogP) is 3.68. The van der Waals surface area contributed by atoms with E-state index in [-0.39, 0.29) is 12.1 Å². The zero-order valence-corrected chi connectivity index (χ0v) is 12.2. The van der Waals surface area contributed by atoms with E-state index in [0.29, 0.717) is 0 Å². The fourth-order valence-electron chi connectivity index (χ4n) is 2.35. The van der Waals surface area contributed by atoms with Crippen LogP contribution < -0.4 is 10.5 Å². The van der Waals surface area contributed by atoms with Gasteiger partial charge >= 0.3 is 0 Å². The molecule has 0 fully saturated rings. The third-order valence-electron chi connectivity index (χ3n) is 3.42. The van der Waals surface area contributed by atoms with Crippen molar-refractivity contribution in [2.24, 2.45) is 5.73 Å². The number of aryl methyl sites for hydroxylation is 1. The Morgan fingerprint density at radius 1 is 1.32 bits per heavy atom. The highest BCUT2D eigenvalue weighted by molar-refractivity contribution is 9.10. The van der Waals surface area contributed by atoms with Crippen molar-refractivity contribution in [3.05, 3.63) is 57.8 Å². The highest BCUT2D eigenvalue weighted by Gasteiger charge is 2.27. The first kappa shape index (κ1) is 12.6. The molecule has 1 aromatic heterocycles. The molecule has 2 atom stereocenters. The van der Waals surface area contributed by atoms with E-state index in [0.717, 1.165) is 33.5 Å². The van der Waals surface area contributed by atoms with Crippen LogP contribution in [0, 0.1) is 6.92 Å². The number of hydrogen-bond donors (Lipinski definition) is 1. The summed E-state index contributed by atoms with van der Waals surface area (Å²) in [6.07, 6.45) is 2.62. The van der Waals surface area contributed by atoms with Crippen molar-refractivity contribution in [1.29, 1.82) is 0 Å². The van der Waals surface area contributed by atoms with E-state index in [9.17, 15) is 0 Å². The van der Waals surface area contributed by atoms with Gasteiger partial charge in [-0.1, -0.05) is 28.1 Å². The van der Waals surface area contributed by atoms with Gasteiger partial charge in [0.25, 0.3) is 0 Å². The summed E-state index contributed by atoms with van der Waals surface area (Å²) >= 11 is 3.46. The van der Waals surface area contributed by atoms with Crippen molar-refractivity contribution in [3.63, 3.8) is 0 Å². The van der Waals surface area contributed by atoms with Gasteiger partial charge in [0.05, 0.1) is 0 Å². The van der Waals surface area contributed by atoms with E-state index in [1.807, 2.05) is 37.4 Å². The third-order valence-corrected chi connectivity index (χ3v) is 3.91. The van der Waals surface area contributed by atoms with E-state index in [2.05, 4.69) is 27.0 Å². The van der Waals surface area contributed by atoms with Gasteiger partial charge in [-0.15, -0.1) is 0 Å². The number of benzene rings is 1. The van der Waals surface area contributed by atoms with E-state index >= 15 is 0 Å². The van der Waals surface area contributed by atoms with Crippen LogP contribution in [0.2, 0.25) is 0 Å². The van der Waals surface area contributed by atoms with Crippen LogP contribution in [-0.4, -0.2) is 4.98 Å². The van der Waals surface area contributed by atoms with Crippen LogP contribution in [0.25, 0.3) is 0 Å². The van der Waals surface area contributed by atoms with Crippen LogP contribution >= 0.6 is 15.9 Å². The molecule has 0 spiro atoms. The summed E-state index contributed by atoms with van der Waals surface area (Å²) in [4.78, 5) is 4.32. The first-order valence-corrected chi connectivity index (χ1v) is 7.07. The first-order chi connectivity index (χ1) is 9.13. The molecule has 0 amide bonds. The minimum atomic E-state index is -0.0232. The average Bonchev–Trinajstić information content (AvgIpc) is 2.38. The van der Waals surface area contributed by atoms with Crippen LogP contribution in [-0.2, 0) is 0 Å². The van der Waals surface area contributed by atoms with Crippen LogP contribution in [0.15, 0.2) is 41.0 Å². The number of ether oxygens (including phenoxy) is 1. The molecule has 3 rings (SSSR count). The summed E-state index contributed by atoms with van der Waals surface area (Å²) in [5, 5.41) is 0. The standard InChI is InChI=1S/C15H15BrN2O/c1-9-2-3-10(8-18-9)14-7-13(17)12-5-4-11(16)6-15(12)19-14/h2-6,8,13-14H,7,17H2,1H3/t13-,14?/m1/s1. The molecule has 2 N–H and O–H groups in total. The second kappa shape index (κ2) is 4.94. The Kier molecular flexibility index (Phi) is 3.29. The lowest BCUT2D eigenvalue weighted by atomic mass is 9.94. The Morgan fingerprint density at radius 2 is 2.16 bits per heavy atom. The van der Waals surface area contributed by atoms with Crippen LogP contribution in [0.4, 0.5) is 0 Å². The van der Waals surface area contributed by atoms with Crippen molar-refractivity contribution in [1.82, 2.24) is 4.98 Å². The molecule has 3 nitrogen and oxygen atoms in total. The van der Waals surface area contributed by atoms with Crippen molar-refractivity contribution >= 4 is 15.9 Å². The number of nitrogens with zero attached hydrogens (tertiary/aromatic N) is 1. The monoisotopic (exact) mass is 318 g/mol. The minimum absolute atomic E-state index is 0.00292. The lowest BCUT2D eigenvalue weighted by Gasteiger charge is -2.30.